The van der Waals surface area contributed by atoms with Crippen LogP contribution in [0.15, 0.2) is 28.9 Å². The van der Waals surface area contributed by atoms with Crippen LogP contribution in [0.5, 0.6) is 5.75 Å². The van der Waals surface area contributed by atoms with E-state index in [9.17, 15) is 13.6 Å². The fourth-order valence-corrected chi connectivity index (χ4v) is 1.60. The highest BCUT2D eigenvalue weighted by Gasteiger charge is 2.23. The molecular formula is C13H10F2O3. The van der Waals surface area contributed by atoms with E-state index in [1.54, 1.807) is 13.0 Å². The summed E-state index contributed by atoms with van der Waals surface area (Å²) in [4.78, 5) is 12.0. The summed E-state index contributed by atoms with van der Waals surface area (Å²) in [5.41, 5.74) is -0.122. The van der Waals surface area contributed by atoms with Crippen LogP contribution < -0.4 is 4.74 Å². The van der Waals surface area contributed by atoms with Crippen LogP contribution in [0.3, 0.4) is 0 Å². The van der Waals surface area contributed by atoms with Crippen molar-refractivity contribution in [3.8, 4) is 5.75 Å². The maximum atomic E-state index is 13.7. The van der Waals surface area contributed by atoms with Crippen molar-refractivity contribution in [2.75, 3.05) is 7.11 Å². The lowest BCUT2D eigenvalue weighted by Gasteiger charge is -2.06. The fourth-order valence-electron chi connectivity index (χ4n) is 1.60. The van der Waals surface area contributed by atoms with E-state index in [1.165, 1.54) is 13.4 Å². The fraction of sp³-hybridized carbons (Fsp3) is 0.154. The zero-order valence-corrected chi connectivity index (χ0v) is 9.79. The summed E-state index contributed by atoms with van der Waals surface area (Å²) in [5, 5.41) is 0. The summed E-state index contributed by atoms with van der Waals surface area (Å²) in [7, 11) is 1.28. The minimum Gasteiger partial charge on any atom is -0.497 e. The molecule has 3 nitrogen and oxygen atoms in total. The molecule has 0 unspecified atom stereocenters. The number of halogens is 2. The smallest absolute Gasteiger partial charge is 0.234 e. The van der Waals surface area contributed by atoms with Gasteiger partial charge >= 0.3 is 0 Å². The Morgan fingerprint density at radius 2 is 1.89 bits per heavy atom. The van der Waals surface area contributed by atoms with Gasteiger partial charge in [-0.25, -0.2) is 8.78 Å². The third-order valence-electron chi connectivity index (χ3n) is 2.55. The molecule has 0 N–H and O–H groups in total. The number of hydrogen-bond donors (Lipinski definition) is 0. The van der Waals surface area contributed by atoms with Gasteiger partial charge in [0.05, 0.1) is 18.9 Å². The van der Waals surface area contributed by atoms with Crippen molar-refractivity contribution in [2.45, 2.75) is 6.92 Å². The lowest BCUT2D eigenvalue weighted by Crippen LogP contribution is -2.08. The number of hydrogen-bond acceptors (Lipinski definition) is 3. The number of aryl methyl sites for hydroxylation is 1. The summed E-state index contributed by atoms with van der Waals surface area (Å²) >= 11 is 0. The van der Waals surface area contributed by atoms with Crippen molar-refractivity contribution in [1.29, 1.82) is 0 Å². The number of ether oxygens (including phenoxy) is 1. The molecule has 2 rings (SSSR count). The van der Waals surface area contributed by atoms with E-state index in [0.29, 0.717) is 5.56 Å². The van der Waals surface area contributed by atoms with Crippen molar-refractivity contribution in [2.24, 2.45) is 0 Å². The summed E-state index contributed by atoms with van der Waals surface area (Å²) < 4.78 is 37.0. The second-order valence-corrected chi connectivity index (χ2v) is 3.73. The van der Waals surface area contributed by atoms with Crippen LogP contribution in [-0.4, -0.2) is 12.9 Å². The van der Waals surface area contributed by atoms with E-state index >= 15 is 0 Å². The number of furan rings is 1. The zero-order chi connectivity index (χ0) is 13.3. The number of ketones is 1. The Labute approximate surface area is 102 Å². The third-order valence-corrected chi connectivity index (χ3v) is 2.55. The minimum atomic E-state index is -0.979. The van der Waals surface area contributed by atoms with E-state index in [2.05, 4.69) is 0 Å². The number of benzene rings is 1. The first-order chi connectivity index (χ1) is 8.54. The Morgan fingerprint density at radius 1 is 1.28 bits per heavy atom. The molecular weight excluding hydrogens is 242 g/mol. The van der Waals surface area contributed by atoms with Crippen LogP contribution in [0.1, 0.15) is 21.7 Å². The predicted octanol–water partition coefficient (Wildman–Crippen LogP) is 3.11. The molecule has 0 radical (unpaired) electrons. The Balaban J connectivity index is 2.52. The highest BCUT2D eigenvalue weighted by molar-refractivity contribution is 6.08. The second-order valence-electron chi connectivity index (χ2n) is 3.73. The predicted molar refractivity (Wildman–Crippen MR) is 59.8 cm³/mol. The van der Waals surface area contributed by atoms with Crippen LogP contribution >= 0.6 is 0 Å². The van der Waals surface area contributed by atoms with Crippen molar-refractivity contribution < 1.29 is 22.7 Å². The van der Waals surface area contributed by atoms with Crippen molar-refractivity contribution in [3.63, 3.8) is 0 Å². The first-order valence-corrected chi connectivity index (χ1v) is 5.16. The first-order valence-electron chi connectivity index (χ1n) is 5.16. The normalized spacial score (nSPS) is 10.4. The highest BCUT2D eigenvalue weighted by Crippen LogP contribution is 2.24. The second kappa shape index (κ2) is 4.60. The van der Waals surface area contributed by atoms with Gasteiger partial charge in [0, 0.05) is 12.1 Å². The molecule has 2 aromatic rings. The van der Waals surface area contributed by atoms with Gasteiger partial charge in [-0.3, -0.25) is 4.79 Å². The SMILES string of the molecule is COc1cc(F)c(C(=O)c2occc2C)c(F)c1. The van der Waals surface area contributed by atoms with Gasteiger partial charge in [-0.05, 0) is 18.6 Å². The molecule has 0 spiro atoms. The molecule has 18 heavy (non-hydrogen) atoms. The van der Waals surface area contributed by atoms with E-state index in [-0.39, 0.29) is 11.5 Å². The van der Waals surface area contributed by atoms with Gasteiger partial charge in [0.25, 0.3) is 0 Å². The summed E-state index contributed by atoms with van der Waals surface area (Å²) in [6, 6.07) is 3.45. The van der Waals surface area contributed by atoms with Crippen LogP contribution in [-0.2, 0) is 0 Å². The van der Waals surface area contributed by atoms with Crippen molar-refractivity contribution >= 4 is 5.78 Å². The molecule has 0 aliphatic rings. The molecule has 0 atom stereocenters. The largest absolute Gasteiger partial charge is 0.497 e. The van der Waals surface area contributed by atoms with E-state index in [0.717, 1.165) is 12.1 Å². The van der Waals surface area contributed by atoms with Crippen LogP contribution in [0.4, 0.5) is 8.78 Å². The maximum absolute atomic E-state index is 13.7. The lowest BCUT2D eigenvalue weighted by atomic mass is 10.1. The summed E-state index contributed by atoms with van der Waals surface area (Å²) in [6.45, 7) is 1.62. The summed E-state index contributed by atoms with van der Waals surface area (Å²) in [6.07, 6.45) is 1.29. The number of carbonyl (C=O) groups is 1. The molecule has 1 aromatic heterocycles. The molecule has 1 aromatic carbocycles. The van der Waals surface area contributed by atoms with Gasteiger partial charge in [0.1, 0.15) is 17.4 Å². The monoisotopic (exact) mass is 252 g/mol. The third kappa shape index (κ3) is 1.99. The van der Waals surface area contributed by atoms with Gasteiger partial charge in [0.2, 0.25) is 5.78 Å². The zero-order valence-electron chi connectivity index (χ0n) is 9.79. The van der Waals surface area contributed by atoms with Gasteiger partial charge in [-0.15, -0.1) is 0 Å². The standard InChI is InChI=1S/C13H10F2O3/c1-7-3-4-18-13(7)12(16)11-9(14)5-8(17-2)6-10(11)15/h3-6H,1-2H3. The molecule has 94 valence electrons. The van der Waals surface area contributed by atoms with E-state index in [1.807, 2.05) is 0 Å². The number of methoxy groups -OCH3 is 1. The Morgan fingerprint density at radius 3 is 2.33 bits per heavy atom. The van der Waals surface area contributed by atoms with E-state index in [4.69, 9.17) is 9.15 Å². The van der Waals surface area contributed by atoms with Gasteiger partial charge in [-0.1, -0.05) is 0 Å². The topological polar surface area (TPSA) is 39.4 Å². The molecule has 0 amide bonds. The number of carbonyl (C=O) groups excluding carboxylic acids is 1. The van der Waals surface area contributed by atoms with Gasteiger partial charge in [0.15, 0.2) is 5.76 Å². The molecule has 0 aliphatic heterocycles. The Bertz CT molecular complexity index is 579. The quantitative estimate of drug-likeness (QED) is 0.788. The number of rotatable bonds is 3. The summed E-state index contributed by atoms with van der Waals surface area (Å²) in [5.74, 6) is -2.84. The average molecular weight is 252 g/mol. The molecule has 0 bridgehead atoms. The van der Waals surface area contributed by atoms with Crippen molar-refractivity contribution in [1.82, 2.24) is 0 Å². The first kappa shape index (κ1) is 12.3. The molecule has 0 saturated heterocycles. The maximum Gasteiger partial charge on any atom is 0.234 e. The molecule has 0 saturated carbocycles. The van der Waals surface area contributed by atoms with Crippen LogP contribution in [0.2, 0.25) is 0 Å². The average Bonchev–Trinajstić information content (AvgIpc) is 2.74. The van der Waals surface area contributed by atoms with E-state index < -0.39 is 23.0 Å². The van der Waals surface area contributed by atoms with Crippen LogP contribution in [0, 0.1) is 18.6 Å². The Hall–Kier alpha value is -2.17. The lowest BCUT2D eigenvalue weighted by molar-refractivity contribution is 0.1000. The Kier molecular flexibility index (Phi) is 3.14. The molecule has 1 heterocycles. The highest BCUT2D eigenvalue weighted by atomic mass is 19.1. The minimum absolute atomic E-state index is 0.0118. The molecule has 0 aliphatic carbocycles. The van der Waals surface area contributed by atoms with Crippen LogP contribution in [0.25, 0.3) is 0 Å². The van der Waals surface area contributed by atoms with Gasteiger partial charge < -0.3 is 9.15 Å². The molecule has 0 fully saturated rings. The van der Waals surface area contributed by atoms with Crippen molar-refractivity contribution in [3.05, 3.63) is 53.0 Å². The molecule has 5 heteroatoms. The van der Waals surface area contributed by atoms with Gasteiger partial charge in [-0.2, -0.15) is 0 Å².